The highest BCUT2D eigenvalue weighted by Gasteiger charge is 2.56. The second-order valence-electron chi connectivity index (χ2n) is 22.6. The number of nitrogens with two attached hydrogens (primary N) is 5. The molecular weight excluding hydrogens is 1030 g/mol. The van der Waals surface area contributed by atoms with Gasteiger partial charge in [0.2, 0.25) is 47.3 Å². The van der Waals surface area contributed by atoms with E-state index in [0.29, 0.717) is 48.5 Å². The first kappa shape index (κ1) is 62.1. The number of carbonyl (C=O) groups is 9. The van der Waals surface area contributed by atoms with Crippen molar-refractivity contribution in [2.24, 2.45) is 57.3 Å². The van der Waals surface area contributed by atoms with Crippen molar-refractivity contribution >= 4 is 59.1 Å². The van der Waals surface area contributed by atoms with Crippen LogP contribution in [0.1, 0.15) is 122 Å². The van der Waals surface area contributed by atoms with E-state index in [4.69, 9.17) is 33.4 Å². The molecule has 0 radical (unpaired) electrons. The molecule has 0 aromatic heterocycles. The number of aliphatic imine (C=N–C) groups is 1. The Hall–Kier alpha value is -7.14. The third-order valence-corrected chi connectivity index (χ3v) is 16.0. The number of amides is 9. The zero-order valence-corrected chi connectivity index (χ0v) is 46.8. The number of rotatable bonds is 29. The quantitative estimate of drug-likeness (QED) is 0.0297. The van der Waals surface area contributed by atoms with E-state index in [1.807, 2.05) is 6.92 Å². The van der Waals surface area contributed by atoms with Crippen LogP contribution in [0.25, 0.3) is 0 Å². The van der Waals surface area contributed by atoms with Crippen molar-refractivity contribution < 1.29 is 47.9 Å². The average Bonchev–Trinajstić information content (AvgIpc) is 3.98. The first-order valence-electron chi connectivity index (χ1n) is 28.3. The zero-order chi connectivity index (χ0) is 58.3. The Kier molecular flexibility index (Phi) is 22.4. The Balaban J connectivity index is 1.15. The topological polar surface area (TPSA) is 372 Å². The summed E-state index contributed by atoms with van der Waals surface area (Å²) in [5.74, 6) is -5.08. The Morgan fingerprint density at radius 1 is 0.725 bits per heavy atom. The van der Waals surface area contributed by atoms with E-state index in [1.165, 1.54) is 16.7 Å². The summed E-state index contributed by atoms with van der Waals surface area (Å²) in [4.78, 5) is 133. The van der Waals surface area contributed by atoms with Gasteiger partial charge in [-0.1, -0.05) is 56.3 Å². The maximum absolute atomic E-state index is 14.8. The molecule has 23 nitrogen and oxygen atoms in total. The molecule has 1 heterocycles. The van der Waals surface area contributed by atoms with E-state index < -0.39 is 113 Å². The minimum absolute atomic E-state index is 0.0107. The molecule has 5 aliphatic rings. The summed E-state index contributed by atoms with van der Waals surface area (Å²) in [6.07, 6.45) is 6.20. The van der Waals surface area contributed by atoms with Crippen molar-refractivity contribution in [3.8, 4) is 5.75 Å². The second-order valence-corrected chi connectivity index (χ2v) is 22.6. The van der Waals surface area contributed by atoms with Crippen molar-refractivity contribution in [1.82, 2.24) is 36.4 Å². The number of primary amides is 1. The highest BCUT2D eigenvalue weighted by molar-refractivity contribution is 6.01. The Morgan fingerprint density at radius 2 is 1.31 bits per heavy atom. The molecule has 438 valence electrons. The number of guanidine groups is 1. The molecule has 1 aliphatic heterocycles. The molecule has 5 fully saturated rings. The second kappa shape index (κ2) is 28.8. The Morgan fingerprint density at radius 3 is 1.89 bits per heavy atom. The molecule has 15 N–H and O–H groups in total. The minimum atomic E-state index is -1.63. The van der Waals surface area contributed by atoms with E-state index in [0.717, 1.165) is 44.1 Å². The summed E-state index contributed by atoms with van der Waals surface area (Å²) in [6.45, 7) is 7.47. The van der Waals surface area contributed by atoms with Crippen LogP contribution >= 0.6 is 0 Å². The summed E-state index contributed by atoms with van der Waals surface area (Å²) in [5.41, 5.74) is 29.9. The molecule has 7 atom stereocenters. The fourth-order valence-electron chi connectivity index (χ4n) is 12.6. The standard InChI is InChI=1S/C57H85N13O10/c1-5-80-40-19-17-36(18-20-40)27-41(59)49(73)66-44(28-35-12-7-6-8-13-35)51(75)68-48(33(2)3)53(77)67-45(29-47(60)72)50(74)64-42(14-9-21-58)54(78)69-23-11-16-46(69)52(76)65-43(15-10-22-63-56(61)62)55(79)70(34(4)71)57-30-37-24-38(31-57)26-39(25-37)32-57/h6-8,12-13,17-20,33,37-39,41-46,48H,5,9-11,14-16,21-32,58-59H2,1-4H3,(H2,60,72)(H,64,74)(H,65,76)(H,66,73)(H,67,77)(H,68,75)(H4,61,62,63)/t37?,38?,39?,41-,42-,43-,44-,45-,46-,48-,57?/m0/s1. The first-order valence-corrected chi connectivity index (χ1v) is 28.3. The number of ether oxygens (including phenoxy) is 1. The smallest absolute Gasteiger partial charge is 0.252 e. The van der Waals surface area contributed by atoms with Gasteiger partial charge in [0.1, 0.15) is 42.0 Å². The number of hydrogen-bond donors (Lipinski definition) is 10. The lowest BCUT2D eigenvalue weighted by Crippen LogP contribution is -2.66. The normalized spacial score (nSPS) is 22.1. The molecule has 9 amide bonds. The third-order valence-electron chi connectivity index (χ3n) is 16.0. The fourth-order valence-corrected chi connectivity index (χ4v) is 12.6. The van der Waals surface area contributed by atoms with Gasteiger partial charge in [0.15, 0.2) is 5.96 Å². The number of benzene rings is 2. The molecule has 2 aromatic carbocycles. The molecule has 4 aliphatic carbocycles. The lowest BCUT2D eigenvalue weighted by Gasteiger charge is -2.60. The maximum Gasteiger partial charge on any atom is 0.252 e. The fraction of sp³-hybridized carbons (Fsp3) is 0.614. The van der Waals surface area contributed by atoms with Gasteiger partial charge in [-0.3, -0.25) is 53.0 Å². The van der Waals surface area contributed by atoms with Gasteiger partial charge in [0.05, 0.1) is 24.6 Å². The van der Waals surface area contributed by atoms with Crippen LogP contribution in [0.15, 0.2) is 59.6 Å². The number of nitrogens with zero attached hydrogens (tertiary/aromatic N) is 3. The van der Waals surface area contributed by atoms with Crippen LogP contribution in [-0.2, 0) is 56.0 Å². The average molecular weight is 1110 g/mol. The van der Waals surface area contributed by atoms with Crippen LogP contribution in [0.5, 0.6) is 5.75 Å². The van der Waals surface area contributed by atoms with E-state index in [-0.39, 0.29) is 64.1 Å². The van der Waals surface area contributed by atoms with Gasteiger partial charge in [-0.05, 0) is 144 Å². The van der Waals surface area contributed by atoms with Crippen LogP contribution in [0, 0.1) is 23.7 Å². The summed E-state index contributed by atoms with van der Waals surface area (Å²) in [6, 6.07) is 7.34. The van der Waals surface area contributed by atoms with E-state index in [1.54, 1.807) is 68.4 Å². The number of carbonyl (C=O) groups excluding carboxylic acids is 9. The molecule has 23 heteroatoms. The molecule has 4 bridgehead atoms. The van der Waals surface area contributed by atoms with E-state index in [2.05, 4.69) is 31.6 Å². The Labute approximate surface area is 468 Å². The molecule has 0 unspecified atom stereocenters. The Bertz CT molecular complexity index is 2510. The van der Waals surface area contributed by atoms with Gasteiger partial charge in [-0.15, -0.1) is 0 Å². The molecule has 4 saturated carbocycles. The van der Waals surface area contributed by atoms with Crippen molar-refractivity contribution in [3.05, 3.63) is 65.7 Å². The van der Waals surface area contributed by atoms with Crippen LogP contribution in [0.3, 0.4) is 0 Å². The molecule has 1 saturated heterocycles. The molecule has 2 aromatic rings. The van der Waals surface area contributed by atoms with Crippen molar-refractivity contribution in [2.75, 3.05) is 26.2 Å². The number of hydrogen-bond acceptors (Lipinski definition) is 13. The van der Waals surface area contributed by atoms with E-state index >= 15 is 0 Å². The SMILES string of the molecule is CCOc1ccc(C[C@H](N)C(=O)N[C@@H](Cc2ccccc2)C(=O)N[C@H](C(=O)N[C@@H](CC(N)=O)C(=O)N[C@@H](CCCN)C(=O)N2CCC[C@H]2C(=O)N[C@@H](CCCN=C(N)N)C(=O)N(C(C)=O)C23CC4CC(CC(C4)C2)C3)C(C)C)cc1. The number of nitrogens with one attached hydrogen (secondary N) is 5. The van der Waals surface area contributed by atoms with Gasteiger partial charge in [0.25, 0.3) is 5.91 Å². The van der Waals surface area contributed by atoms with Gasteiger partial charge >= 0.3 is 0 Å². The highest BCUT2D eigenvalue weighted by atomic mass is 16.5. The lowest BCUT2D eigenvalue weighted by atomic mass is 9.52. The van der Waals surface area contributed by atoms with Gasteiger partial charge in [-0.25, -0.2) is 0 Å². The van der Waals surface area contributed by atoms with Crippen LogP contribution in [0.4, 0.5) is 0 Å². The predicted octanol–water partition coefficient (Wildman–Crippen LogP) is 0.281. The predicted molar refractivity (Wildman–Crippen MR) is 299 cm³/mol. The summed E-state index contributed by atoms with van der Waals surface area (Å²) in [5, 5.41) is 13.6. The highest BCUT2D eigenvalue weighted by Crippen LogP contribution is 2.58. The van der Waals surface area contributed by atoms with Crippen LogP contribution in [0.2, 0.25) is 0 Å². The third kappa shape index (κ3) is 16.7. The van der Waals surface area contributed by atoms with Crippen molar-refractivity contribution in [1.29, 1.82) is 0 Å². The van der Waals surface area contributed by atoms with Gasteiger partial charge < -0.3 is 64.9 Å². The van der Waals surface area contributed by atoms with Crippen LogP contribution < -0.4 is 60.0 Å². The summed E-state index contributed by atoms with van der Waals surface area (Å²) >= 11 is 0. The maximum atomic E-state index is 14.8. The van der Waals surface area contributed by atoms with Gasteiger partial charge in [0, 0.05) is 26.4 Å². The lowest BCUT2D eigenvalue weighted by molar-refractivity contribution is -0.165. The molecular formula is C57H85N13O10. The number of likely N-dealkylation sites (tertiary alicyclic amines) is 1. The molecule has 80 heavy (non-hydrogen) atoms. The van der Waals surface area contributed by atoms with Crippen LogP contribution in [-0.4, -0.2) is 143 Å². The molecule has 7 rings (SSSR count). The van der Waals surface area contributed by atoms with Gasteiger partial charge in [-0.2, -0.15) is 0 Å². The zero-order valence-electron chi connectivity index (χ0n) is 46.8. The monoisotopic (exact) mass is 1110 g/mol. The first-order chi connectivity index (χ1) is 38.1. The summed E-state index contributed by atoms with van der Waals surface area (Å²) < 4.78 is 5.51. The minimum Gasteiger partial charge on any atom is -0.494 e. The summed E-state index contributed by atoms with van der Waals surface area (Å²) in [7, 11) is 0. The largest absolute Gasteiger partial charge is 0.494 e. The van der Waals surface area contributed by atoms with Crippen molar-refractivity contribution in [3.63, 3.8) is 0 Å². The van der Waals surface area contributed by atoms with Crippen molar-refractivity contribution in [2.45, 2.75) is 172 Å². The van der Waals surface area contributed by atoms with E-state index in [9.17, 15) is 43.2 Å². The number of imide groups is 1. The molecule has 0 spiro atoms.